The molecule has 0 saturated heterocycles. The number of rotatable bonds is 2. The third-order valence-corrected chi connectivity index (χ3v) is 2.48. The van der Waals surface area contributed by atoms with Gasteiger partial charge in [-0.05, 0) is 35.0 Å². The molecule has 1 aromatic heterocycles. The third kappa shape index (κ3) is 2.19. The van der Waals surface area contributed by atoms with Crippen molar-refractivity contribution < 1.29 is 13.2 Å². The first-order chi connectivity index (χ1) is 8.43. The number of aromatic nitrogens is 4. The van der Waals surface area contributed by atoms with E-state index >= 15 is 0 Å². The van der Waals surface area contributed by atoms with Gasteiger partial charge in [-0.2, -0.15) is 17.9 Å². The first-order valence-corrected chi connectivity index (χ1v) is 5.09. The molecule has 0 aliphatic rings. The molecule has 5 nitrogen and oxygen atoms in total. The van der Waals surface area contributed by atoms with Gasteiger partial charge in [0, 0.05) is 0 Å². The Hall–Kier alpha value is -1.96. The predicted molar refractivity (Wildman–Crippen MR) is 56.8 cm³/mol. The molecular weight excluding hydrogens is 247 g/mol. The molecule has 0 amide bonds. The number of hydrogen-bond donors (Lipinski definition) is 1. The van der Waals surface area contributed by atoms with Crippen LogP contribution in [0.3, 0.4) is 0 Å². The molecular formula is C10H10F3N5. The van der Waals surface area contributed by atoms with Crippen molar-refractivity contribution in [2.24, 2.45) is 5.73 Å². The molecule has 1 aromatic carbocycles. The fraction of sp³-hybridized carbons (Fsp3) is 0.300. The van der Waals surface area contributed by atoms with Crippen LogP contribution in [0, 0.1) is 6.92 Å². The summed E-state index contributed by atoms with van der Waals surface area (Å²) in [5, 5.41) is 10.7. The second-order valence-corrected chi connectivity index (χ2v) is 3.71. The van der Waals surface area contributed by atoms with Crippen molar-refractivity contribution in [3.63, 3.8) is 0 Å². The summed E-state index contributed by atoms with van der Waals surface area (Å²) in [5.74, 6) is 0.303. The Morgan fingerprint density at radius 3 is 2.67 bits per heavy atom. The maximum Gasteiger partial charge on any atom is 0.416 e. The monoisotopic (exact) mass is 257 g/mol. The number of alkyl halides is 3. The summed E-state index contributed by atoms with van der Waals surface area (Å²) in [4.78, 5) is 0. The van der Waals surface area contributed by atoms with Gasteiger partial charge in [-0.3, -0.25) is 0 Å². The highest BCUT2D eigenvalue weighted by atomic mass is 19.4. The van der Waals surface area contributed by atoms with Crippen LogP contribution >= 0.6 is 0 Å². The fourth-order valence-electron chi connectivity index (χ4n) is 1.53. The van der Waals surface area contributed by atoms with Crippen molar-refractivity contribution in [2.75, 3.05) is 0 Å². The summed E-state index contributed by atoms with van der Waals surface area (Å²) in [6.45, 7) is 1.72. The number of aryl methyl sites for hydroxylation is 1. The summed E-state index contributed by atoms with van der Waals surface area (Å²) in [6, 6.07) is 3.40. The van der Waals surface area contributed by atoms with Crippen molar-refractivity contribution in [1.29, 1.82) is 0 Å². The van der Waals surface area contributed by atoms with Crippen LogP contribution in [0.25, 0.3) is 5.69 Å². The lowest BCUT2D eigenvalue weighted by molar-refractivity contribution is -0.137. The van der Waals surface area contributed by atoms with Crippen molar-refractivity contribution >= 4 is 0 Å². The van der Waals surface area contributed by atoms with E-state index in [1.165, 1.54) is 10.7 Å². The van der Waals surface area contributed by atoms with Crippen LogP contribution in [-0.2, 0) is 12.7 Å². The fourth-order valence-corrected chi connectivity index (χ4v) is 1.53. The number of hydrogen-bond acceptors (Lipinski definition) is 4. The zero-order valence-corrected chi connectivity index (χ0v) is 9.44. The molecule has 2 N–H and O–H groups in total. The largest absolute Gasteiger partial charge is 0.416 e. The molecule has 0 spiro atoms. The van der Waals surface area contributed by atoms with Gasteiger partial charge >= 0.3 is 6.18 Å². The smallest absolute Gasteiger partial charge is 0.324 e. The standard InChI is InChI=1S/C10H10F3N5/c1-6-2-3-7(10(11,12)13)4-8(6)18-9(5-14)15-16-17-18/h2-4H,5,14H2,1H3. The van der Waals surface area contributed by atoms with Crippen LogP contribution in [0.15, 0.2) is 18.2 Å². The Bertz CT molecular complexity index is 561. The van der Waals surface area contributed by atoms with Crippen molar-refractivity contribution in [3.05, 3.63) is 35.2 Å². The first kappa shape index (κ1) is 12.5. The van der Waals surface area contributed by atoms with Crippen LogP contribution in [0.1, 0.15) is 17.0 Å². The van der Waals surface area contributed by atoms with Gasteiger partial charge in [0.1, 0.15) is 0 Å². The predicted octanol–water partition coefficient (Wildman–Crippen LogP) is 1.45. The van der Waals surface area contributed by atoms with Crippen molar-refractivity contribution in [3.8, 4) is 5.69 Å². The van der Waals surface area contributed by atoms with E-state index in [9.17, 15) is 13.2 Å². The summed E-state index contributed by atoms with van der Waals surface area (Å²) in [7, 11) is 0. The number of tetrazole rings is 1. The Morgan fingerprint density at radius 1 is 1.33 bits per heavy atom. The van der Waals surface area contributed by atoms with Crippen LogP contribution < -0.4 is 5.73 Å². The minimum absolute atomic E-state index is 0.0443. The van der Waals surface area contributed by atoms with E-state index in [4.69, 9.17) is 5.73 Å². The van der Waals surface area contributed by atoms with Gasteiger partial charge in [-0.1, -0.05) is 6.07 Å². The normalized spacial score (nSPS) is 11.8. The molecule has 1 heterocycles. The molecule has 2 aromatic rings. The molecule has 2 rings (SSSR count). The van der Waals surface area contributed by atoms with Gasteiger partial charge in [0.05, 0.1) is 17.8 Å². The van der Waals surface area contributed by atoms with Gasteiger partial charge < -0.3 is 5.73 Å². The lowest BCUT2D eigenvalue weighted by Gasteiger charge is -2.11. The minimum Gasteiger partial charge on any atom is -0.324 e. The SMILES string of the molecule is Cc1ccc(C(F)(F)F)cc1-n1nnnc1CN. The average Bonchev–Trinajstić information content (AvgIpc) is 2.76. The molecule has 0 saturated carbocycles. The average molecular weight is 257 g/mol. The lowest BCUT2D eigenvalue weighted by Crippen LogP contribution is -2.11. The molecule has 8 heteroatoms. The third-order valence-electron chi connectivity index (χ3n) is 2.48. The summed E-state index contributed by atoms with van der Waals surface area (Å²) < 4.78 is 39.1. The van der Waals surface area contributed by atoms with Crippen molar-refractivity contribution in [2.45, 2.75) is 19.6 Å². The summed E-state index contributed by atoms with van der Waals surface area (Å²) in [5.41, 5.74) is 5.58. The molecule has 96 valence electrons. The topological polar surface area (TPSA) is 69.6 Å². The highest BCUT2D eigenvalue weighted by Crippen LogP contribution is 2.31. The summed E-state index contributed by atoms with van der Waals surface area (Å²) in [6.07, 6.45) is -4.40. The molecule has 0 atom stereocenters. The highest BCUT2D eigenvalue weighted by molar-refractivity contribution is 5.43. The van der Waals surface area contributed by atoms with E-state index in [0.717, 1.165) is 12.1 Å². The zero-order chi connectivity index (χ0) is 13.3. The quantitative estimate of drug-likeness (QED) is 0.884. The zero-order valence-electron chi connectivity index (χ0n) is 9.44. The Kier molecular flexibility index (Phi) is 3.04. The Balaban J connectivity index is 2.57. The van der Waals surface area contributed by atoms with E-state index in [2.05, 4.69) is 15.5 Å². The first-order valence-electron chi connectivity index (χ1n) is 5.09. The highest BCUT2D eigenvalue weighted by Gasteiger charge is 2.31. The van der Waals surface area contributed by atoms with Crippen LogP contribution in [0.5, 0.6) is 0 Å². The van der Waals surface area contributed by atoms with Gasteiger partial charge in [0.2, 0.25) is 0 Å². The summed E-state index contributed by atoms with van der Waals surface area (Å²) >= 11 is 0. The molecule has 0 radical (unpaired) electrons. The van der Waals surface area contributed by atoms with E-state index in [-0.39, 0.29) is 12.2 Å². The van der Waals surface area contributed by atoms with E-state index in [1.54, 1.807) is 6.92 Å². The van der Waals surface area contributed by atoms with Gasteiger partial charge in [-0.25, -0.2) is 0 Å². The maximum atomic E-state index is 12.6. The number of nitrogens with two attached hydrogens (primary N) is 1. The van der Waals surface area contributed by atoms with E-state index in [0.29, 0.717) is 11.4 Å². The van der Waals surface area contributed by atoms with Gasteiger partial charge in [-0.15, -0.1) is 5.10 Å². The molecule has 0 bridgehead atoms. The van der Waals surface area contributed by atoms with Crippen LogP contribution in [-0.4, -0.2) is 20.2 Å². The van der Waals surface area contributed by atoms with Crippen molar-refractivity contribution in [1.82, 2.24) is 20.2 Å². The van der Waals surface area contributed by atoms with E-state index < -0.39 is 11.7 Å². The molecule has 18 heavy (non-hydrogen) atoms. The molecule has 0 unspecified atom stereocenters. The van der Waals surface area contributed by atoms with Gasteiger partial charge in [0.25, 0.3) is 0 Å². The Labute approximate surface area is 100 Å². The van der Waals surface area contributed by atoms with Crippen LogP contribution in [0.2, 0.25) is 0 Å². The minimum atomic E-state index is -4.40. The lowest BCUT2D eigenvalue weighted by atomic mass is 10.1. The van der Waals surface area contributed by atoms with Crippen LogP contribution in [0.4, 0.5) is 13.2 Å². The Morgan fingerprint density at radius 2 is 2.06 bits per heavy atom. The number of benzene rings is 1. The second kappa shape index (κ2) is 4.37. The maximum absolute atomic E-state index is 12.6. The molecule has 0 fully saturated rings. The van der Waals surface area contributed by atoms with Gasteiger partial charge in [0.15, 0.2) is 5.82 Å². The molecule has 0 aliphatic heterocycles. The number of halogens is 3. The number of nitrogens with zero attached hydrogens (tertiary/aromatic N) is 4. The second-order valence-electron chi connectivity index (χ2n) is 3.71. The molecule has 0 aliphatic carbocycles. The van der Waals surface area contributed by atoms with E-state index in [1.807, 2.05) is 0 Å².